The van der Waals surface area contributed by atoms with E-state index in [1.807, 2.05) is 30.3 Å². The van der Waals surface area contributed by atoms with Crippen LogP contribution in [-0.4, -0.2) is 16.2 Å². The molecule has 0 bridgehead atoms. The molecule has 0 aliphatic heterocycles. The molecule has 0 unspecified atom stereocenters. The summed E-state index contributed by atoms with van der Waals surface area (Å²) < 4.78 is 8.13. The first-order valence-corrected chi connectivity index (χ1v) is 8.71. The number of rotatable bonds is 8. The SMILES string of the molecule is CCCc1nc2ccccc2n1CCCCOc1ccccc1N. The summed E-state index contributed by atoms with van der Waals surface area (Å²) in [6.07, 6.45) is 4.18. The number of aryl methyl sites for hydroxylation is 2. The van der Waals surface area contributed by atoms with Gasteiger partial charge in [-0.3, -0.25) is 0 Å². The standard InChI is InChI=1S/C20H25N3O/c1-2-9-20-22-17-11-4-5-12-18(17)23(20)14-7-8-15-24-19-13-6-3-10-16(19)21/h3-6,10-13H,2,7-9,14-15,21H2,1H3. The summed E-state index contributed by atoms with van der Waals surface area (Å²) in [5, 5.41) is 0. The van der Waals surface area contributed by atoms with Crippen LogP contribution in [0.4, 0.5) is 5.69 Å². The van der Waals surface area contributed by atoms with Gasteiger partial charge in [0.15, 0.2) is 0 Å². The lowest BCUT2D eigenvalue weighted by atomic mass is 10.2. The number of benzene rings is 2. The van der Waals surface area contributed by atoms with E-state index in [0.717, 1.165) is 43.5 Å². The van der Waals surface area contributed by atoms with Crippen LogP contribution in [0.15, 0.2) is 48.5 Å². The number of nitrogens with zero attached hydrogens (tertiary/aromatic N) is 2. The summed E-state index contributed by atoms with van der Waals surface area (Å²) in [7, 11) is 0. The van der Waals surface area contributed by atoms with E-state index in [0.29, 0.717) is 12.3 Å². The smallest absolute Gasteiger partial charge is 0.142 e. The highest BCUT2D eigenvalue weighted by molar-refractivity contribution is 5.75. The van der Waals surface area contributed by atoms with Crippen molar-refractivity contribution in [3.05, 3.63) is 54.4 Å². The van der Waals surface area contributed by atoms with Crippen molar-refractivity contribution in [1.29, 1.82) is 0 Å². The van der Waals surface area contributed by atoms with Gasteiger partial charge in [0.25, 0.3) is 0 Å². The second-order valence-electron chi connectivity index (χ2n) is 6.01. The lowest BCUT2D eigenvalue weighted by Crippen LogP contribution is -2.06. The van der Waals surface area contributed by atoms with Crippen LogP contribution in [0.1, 0.15) is 32.0 Å². The Balaban J connectivity index is 1.57. The molecule has 4 nitrogen and oxygen atoms in total. The molecule has 24 heavy (non-hydrogen) atoms. The maximum absolute atomic E-state index is 5.89. The molecule has 3 aromatic rings. The van der Waals surface area contributed by atoms with Crippen molar-refractivity contribution in [2.75, 3.05) is 12.3 Å². The highest BCUT2D eigenvalue weighted by Crippen LogP contribution is 2.21. The van der Waals surface area contributed by atoms with Crippen molar-refractivity contribution in [3.8, 4) is 5.75 Å². The highest BCUT2D eigenvalue weighted by atomic mass is 16.5. The van der Waals surface area contributed by atoms with Gasteiger partial charge in [-0.2, -0.15) is 0 Å². The fraction of sp³-hybridized carbons (Fsp3) is 0.350. The van der Waals surface area contributed by atoms with Crippen molar-refractivity contribution in [3.63, 3.8) is 0 Å². The van der Waals surface area contributed by atoms with E-state index < -0.39 is 0 Å². The van der Waals surface area contributed by atoms with Gasteiger partial charge < -0.3 is 15.0 Å². The minimum atomic E-state index is 0.684. The average Bonchev–Trinajstić information content (AvgIpc) is 2.94. The molecule has 0 fully saturated rings. The third-order valence-electron chi connectivity index (χ3n) is 4.16. The Kier molecular flexibility index (Phi) is 5.36. The number of fused-ring (bicyclic) bond motifs is 1. The molecule has 2 N–H and O–H groups in total. The summed E-state index contributed by atoms with van der Waals surface area (Å²) >= 11 is 0. The number of unbranched alkanes of at least 4 members (excludes halogenated alkanes) is 1. The second-order valence-corrected chi connectivity index (χ2v) is 6.01. The molecule has 0 saturated carbocycles. The lowest BCUT2D eigenvalue weighted by Gasteiger charge is -2.10. The summed E-state index contributed by atoms with van der Waals surface area (Å²) in [4.78, 5) is 4.78. The molecule has 0 radical (unpaired) electrons. The van der Waals surface area contributed by atoms with Crippen LogP contribution < -0.4 is 10.5 Å². The van der Waals surface area contributed by atoms with Crippen molar-refractivity contribution in [2.45, 2.75) is 39.2 Å². The molecule has 0 aliphatic rings. The average molecular weight is 323 g/mol. The Labute approximate surface area is 143 Å². The number of ether oxygens (including phenoxy) is 1. The van der Waals surface area contributed by atoms with Crippen LogP contribution in [-0.2, 0) is 13.0 Å². The van der Waals surface area contributed by atoms with Crippen LogP contribution in [0.25, 0.3) is 11.0 Å². The van der Waals surface area contributed by atoms with Crippen LogP contribution in [0, 0.1) is 0 Å². The van der Waals surface area contributed by atoms with E-state index in [9.17, 15) is 0 Å². The number of hydrogen-bond donors (Lipinski definition) is 1. The third kappa shape index (κ3) is 3.70. The first-order chi connectivity index (χ1) is 11.8. The van der Waals surface area contributed by atoms with E-state index >= 15 is 0 Å². The van der Waals surface area contributed by atoms with Crippen LogP contribution >= 0.6 is 0 Å². The highest BCUT2D eigenvalue weighted by Gasteiger charge is 2.09. The zero-order valence-corrected chi connectivity index (χ0v) is 14.2. The van der Waals surface area contributed by atoms with E-state index in [-0.39, 0.29) is 0 Å². The van der Waals surface area contributed by atoms with E-state index in [1.54, 1.807) is 0 Å². The molecule has 0 saturated heterocycles. The number of hydrogen-bond acceptors (Lipinski definition) is 3. The number of nitrogens with two attached hydrogens (primary N) is 1. The van der Waals surface area contributed by atoms with E-state index in [1.165, 1.54) is 11.3 Å². The Bertz CT molecular complexity index is 794. The third-order valence-corrected chi connectivity index (χ3v) is 4.16. The van der Waals surface area contributed by atoms with Gasteiger partial charge in [-0.25, -0.2) is 4.98 Å². The van der Waals surface area contributed by atoms with Gasteiger partial charge in [0.2, 0.25) is 0 Å². The molecule has 3 rings (SSSR count). The fourth-order valence-corrected chi connectivity index (χ4v) is 2.96. The zero-order valence-electron chi connectivity index (χ0n) is 14.2. The molecule has 2 aromatic carbocycles. The number of para-hydroxylation sites is 4. The van der Waals surface area contributed by atoms with Gasteiger partial charge in [-0.15, -0.1) is 0 Å². The number of anilines is 1. The Hall–Kier alpha value is -2.49. The van der Waals surface area contributed by atoms with Gasteiger partial charge in [0.05, 0.1) is 23.3 Å². The minimum absolute atomic E-state index is 0.684. The number of aromatic nitrogens is 2. The second kappa shape index (κ2) is 7.86. The zero-order chi connectivity index (χ0) is 16.8. The first-order valence-electron chi connectivity index (χ1n) is 8.71. The van der Waals surface area contributed by atoms with Crippen molar-refractivity contribution in [1.82, 2.24) is 9.55 Å². The van der Waals surface area contributed by atoms with Gasteiger partial charge in [0.1, 0.15) is 11.6 Å². The maximum atomic E-state index is 5.89. The predicted molar refractivity (Wildman–Crippen MR) is 99.3 cm³/mol. The molecule has 0 amide bonds. The van der Waals surface area contributed by atoms with Crippen molar-refractivity contribution >= 4 is 16.7 Å². The summed E-state index contributed by atoms with van der Waals surface area (Å²) in [5.74, 6) is 1.96. The van der Waals surface area contributed by atoms with Crippen LogP contribution in [0.5, 0.6) is 5.75 Å². The maximum Gasteiger partial charge on any atom is 0.142 e. The summed E-state index contributed by atoms with van der Waals surface area (Å²) in [5.41, 5.74) is 8.91. The Morgan fingerprint density at radius 3 is 2.67 bits per heavy atom. The lowest BCUT2D eigenvalue weighted by molar-refractivity contribution is 0.304. The normalized spacial score (nSPS) is 11.0. The molecule has 0 spiro atoms. The van der Waals surface area contributed by atoms with Crippen LogP contribution in [0.2, 0.25) is 0 Å². The molecule has 126 valence electrons. The number of imidazole rings is 1. The first kappa shape index (κ1) is 16.4. The Morgan fingerprint density at radius 2 is 1.83 bits per heavy atom. The van der Waals surface area contributed by atoms with Crippen LogP contribution in [0.3, 0.4) is 0 Å². The molecular formula is C20H25N3O. The molecule has 0 atom stereocenters. The van der Waals surface area contributed by atoms with Gasteiger partial charge >= 0.3 is 0 Å². The molecule has 1 aromatic heterocycles. The van der Waals surface area contributed by atoms with Gasteiger partial charge in [-0.1, -0.05) is 31.2 Å². The van der Waals surface area contributed by atoms with Gasteiger partial charge in [-0.05, 0) is 43.5 Å². The summed E-state index contributed by atoms with van der Waals surface area (Å²) in [6.45, 7) is 3.86. The molecule has 1 heterocycles. The minimum Gasteiger partial charge on any atom is -0.491 e. The van der Waals surface area contributed by atoms with Gasteiger partial charge in [0, 0.05) is 13.0 Å². The summed E-state index contributed by atoms with van der Waals surface area (Å²) in [6, 6.07) is 16.0. The Morgan fingerprint density at radius 1 is 1.04 bits per heavy atom. The molecule has 0 aliphatic carbocycles. The number of nitrogen functional groups attached to an aromatic ring is 1. The predicted octanol–water partition coefficient (Wildman–Crippen LogP) is 4.43. The quantitative estimate of drug-likeness (QED) is 0.493. The largest absolute Gasteiger partial charge is 0.491 e. The van der Waals surface area contributed by atoms with E-state index in [4.69, 9.17) is 15.5 Å². The molecular weight excluding hydrogens is 298 g/mol. The molecule has 4 heteroatoms. The van der Waals surface area contributed by atoms with E-state index in [2.05, 4.69) is 29.7 Å². The monoisotopic (exact) mass is 323 g/mol. The van der Waals surface area contributed by atoms with Crippen molar-refractivity contribution in [2.24, 2.45) is 0 Å². The fourth-order valence-electron chi connectivity index (χ4n) is 2.96. The topological polar surface area (TPSA) is 53.1 Å². The van der Waals surface area contributed by atoms with Crippen molar-refractivity contribution < 1.29 is 4.74 Å².